The first kappa shape index (κ1) is 18.8. The molecule has 9 heteroatoms. The zero-order valence-corrected chi connectivity index (χ0v) is 16.2. The standard InChI is InChI=1S/C17H16Cl3N5O/c1-11-4-6-21-25(11)7-5-16(26)22-17-15(20)10-24(23-17)9-12-2-3-13(18)8-14(12)19/h2-4,6,8,10H,5,7,9H2,1H3,(H,22,23,26). The van der Waals surface area contributed by atoms with Crippen molar-refractivity contribution in [1.82, 2.24) is 19.6 Å². The first-order valence-corrected chi connectivity index (χ1v) is 9.01. The summed E-state index contributed by atoms with van der Waals surface area (Å²) in [7, 11) is 0. The molecule has 0 radical (unpaired) electrons. The van der Waals surface area contributed by atoms with E-state index in [9.17, 15) is 4.79 Å². The number of aromatic nitrogens is 4. The Morgan fingerprint density at radius 3 is 2.69 bits per heavy atom. The van der Waals surface area contributed by atoms with Gasteiger partial charge in [-0.15, -0.1) is 0 Å². The molecule has 1 N–H and O–H groups in total. The van der Waals surface area contributed by atoms with Crippen molar-refractivity contribution in [2.24, 2.45) is 0 Å². The molecule has 2 aromatic heterocycles. The Kier molecular flexibility index (Phi) is 5.86. The van der Waals surface area contributed by atoms with Gasteiger partial charge in [0, 0.05) is 41.1 Å². The minimum Gasteiger partial charge on any atom is -0.308 e. The molecule has 2 heterocycles. The molecule has 0 aliphatic rings. The smallest absolute Gasteiger partial charge is 0.227 e. The molecular weight excluding hydrogens is 397 g/mol. The quantitative estimate of drug-likeness (QED) is 0.651. The summed E-state index contributed by atoms with van der Waals surface area (Å²) >= 11 is 18.3. The Balaban J connectivity index is 1.62. The molecule has 3 aromatic rings. The molecule has 0 unspecified atom stereocenters. The summed E-state index contributed by atoms with van der Waals surface area (Å²) in [6, 6.07) is 7.14. The zero-order valence-electron chi connectivity index (χ0n) is 13.9. The van der Waals surface area contributed by atoms with Crippen molar-refractivity contribution in [3.05, 3.63) is 63.0 Å². The monoisotopic (exact) mass is 411 g/mol. The molecule has 0 saturated carbocycles. The molecule has 0 aliphatic carbocycles. The van der Waals surface area contributed by atoms with Gasteiger partial charge in [0.1, 0.15) is 5.02 Å². The highest BCUT2D eigenvalue weighted by Crippen LogP contribution is 2.24. The van der Waals surface area contributed by atoms with Crippen LogP contribution in [0, 0.1) is 6.92 Å². The van der Waals surface area contributed by atoms with Crippen molar-refractivity contribution >= 4 is 46.5 Å². The van der Waals surface area contributed by atoms with E-state index in [1.807, 2.05) is 19.1 Å². The zero-order chi connectivity index (χ0) is 18.7. The maximum atomic E-state index is 12.1. The Bertz CT molecular complexity index is 934. The Morgan fingerprint density at radius 1 is 1.19 bits per heavy atom. The second kappa shape index (κ2) is 8.12. The van der Waals surface area contributed by atoms with Crippen molar-refractivity contribution < 1.29 is 4.79 Å². The van der Waals surface area contributed by atoms with E-state index in [2.05, 4.69) is 15.5 Å². The topological polar surface area (TPSA) is 64.7 Å². The third-order valence-electron chi connectivity index (χ3n) is 3.80. The number of hydrogen-bond donors (Lipinski definition) is 1. The van der Waals surface area contributed by atoms with E-state index in [1.54, 1.807) is 33.9 Å². The van der Waals surface area contributed by atoms with Crippen LogP contribution in [0.5, 0.6) is 0 Å². The normalized spacial score (nSPS) is 10.9. The molecule has 1 aromatic carbocycles. The summed E-state index contributed by atoms with van der Waals surface area (Å²) in [5.41, 5.74) is 1.85. The molecule has 3 rings (SSSR count). The fraction of sp³-hybridized carbons (Fsp3) is 0.235. The van der Waals surface area contributed by atoms with E-state index in [1.165, 1.54) is 0 Å². The largest absolute Gasteiger partial charge is 0.308 e. The molecule has 0 bridgehead atoms. The highest BCUT2D eigenvalue weighted by Gasteiger charge is 2.12. The van der Waals surface area contributed by atoms with Gasteiger partial charge in [-0.3, -0.25) is 14.2 Å². The number of halogens is 3. The van der Waals surface area contributed by atoms with Gasteiger partial charge < -0.3 is 5.32 Å². The average Bonchev–Trinajstić information content (AvgIpc) is 3.14. The number of amides is 1. The van der Waals surface area contributed by atoms with E-state index in [0.29, 0.717) is 34.0 Å². The second-order valence-electron chi connectivity index (χ2n) is 5.75. The molecule has 0 spiro atoms. The van der Waals surface area contributed by atoms with Gasteiger partial charge in [-0.25, -0.2) is 0 Å². The van der Waals surface area contributed by atoms with Crippen molar-refractivity contribution in [3.8, 4) is 0 Å². The summed E-state index contributed by atoms with van der Waals surface area (Å²) in [4.78, 5) is 12.1. The van der Waals surface area contributed by atoms with Crippen LogP contribution in [0.15, 0.2) is 36.7 Å². The molecule has 0 saturated heterocycles. The van der Waals surface area contributed by atoms with Crippen LogP contribution in [0.3, 0.4) is 0 Å². The summed E-state index contributed by atoms with van der Waals surface area (Å²) in [6.45, 7) is 2.84. The van der Waals surface area contributed by atoms with Crippen LogP contribution < -0.4 is 5.32 Å². The Labute approximate surface area is 165 Å². The number of anilines is 1. The van der Waals surface area contributed by atoms with Crippen LogP contribution >= 0.6 is 34.8 Å². The van der Waals surface area contributed by atoms with E-state index >= 15 is 0 Å². The molecule has 136 valence electrons. The van der Waals surface area contributed by atoms with Gasteiger partial charge >= 0.3 is 0 Å². The summed E-state index contributed by atoms with van der Waals surface area (Å²) < 4.78 is 3.38. The molecule has 0 aliphatic heterocycles. The Morgan fingerprint density at radius 2 is 2.00 bits per heavy atom. The fourth-order valence-corrected chi connectivity index (χ4v) is 3.09. The van der Waals surface area contributed by atoms with E-state index in [-0.39, 0.29) is 12.3 Å². The molecular formula is C17H16Cl3N5O. The van der Waals surface area contributed by atoms with Crippen LogP contribution in [-0.2, 0) is 17.9 Å². The van der Waals surface area contributed by atoms with Crippen LogP contribution in [0.4, 0.5) is 5.82 Å². The van der Waals surface area contributed by atoms with Gasteiger partial charge in [0.25, 0.3) is 0 Å². The summed E-state index contributed by atoms with van der Waals surface area (Å²) in [5.74, 6) is 0.135. The number of hydrogen-bond acceptors (Lipinski definition) is 3. The highest BCUT2D eigenvalue weighted by atomic mass is 35.5. The van der Waals surface area contributed by atoms with Gasteiger partial charge in [0.05, 0.1) is 6.54 Å². The summed E-state index contributed by atoms with van der Waals surface area (Å²) in [6.07, 6.45) is 3.61. The van der Waals surface area contributed by atoms with E-state index in [4.69, 9.17) is 34.8 Å². The maximum Gasteiger partial charge on any atom is 0.227 e. The van der Waals surface area contributed by atoms with Gasteiger partial charge in [-0.05, 0) is 30.7 Å². The number of aryl methyl sites for hydroxylation is 2. The Hall–Kier alpha value is -2.02. The molecule has 1 amide bonds. The van der Waals surface area contributed by atoms with Crippen LogP contribution in [0.1, 0.15) is 17.7 Å². The number of carbonyl (C=O) groups is 1. The second-order valence-corrected chi connectivity index (χ2v) is 7.00. The maximum absolute atomic E-state index is 12.1. The molecule has 6 nitrogen and oxygen atoms in total. The first-order valence-electron chi connectivity index (χ1n) is 7.87. The van der Waals surface area contributed by atoms with Gasteiger partial charge in [0.15, 0.2) is 5.82 Å². The average molecular weight is 413 g/mol. The molecule has 0 fully saturated rings. The number of rotatable bonds is 6. The summed E-state index contributed by atoms with van der Waals surface area (Å²) in [5, 5.41) is 12.7. The van der Waals surface area contributed by atoms with Crippen molar-refractivity contribution in [2.45, 2.75) is 26.4 Å². The lowest BCUT2D eigenvalue weighted by Gasteiger charge is -2.06. The first-order chi connectivity index (χ1) is 12.4. The fourth-order valence-electron chi connectivity index (χ4n) is 2.42. The van der Waals surface area contributed by atoms with Crippen molar-refractivity contribution in [3.63, 3.8) is 0 Å². The predicted molar refractivity (Wildman–Crippen MR) is 103 cm³/mol. The lowest BCUT2D eigenvalue weighted by molar-refractivity contribution is -0.116. The van der Waals surface area contributed by atoms with Crippen molar-refractivity contribution in [1.29, 1.82) is 0 Å². The third kappa shape index (κ3) is 4.58. The molecule has 0 atom stereocenters. The van der Waals surface area contributed by atoms with Gasteiger partial charge in [-0.1, -0.05) is 40.9 Å². The third-order valence-corrected chi connectivity index (χ3v) is 4.67. The van der Waals surface area contributed by atoms with Gasteiger partial charge in [0.2, 0.25) is 5.91 Å². The minimum atomic E-state index is -0.184. The van der Waals surface area contributed by atoms with Crippen LogP contribution in [0.25, 0.3) is 0 Å². The van der Waals surface area contributed by atoms with E-state index in [0.717, 1.165) is 11.3 Å². The lowest BCUT2D eigenvalue weighted by atomic mass is 10.2. The number of benzene rings is 1. The predicted octanol–water partition coefficient (Wildman–Crippen LogP) is 4.43. The van der Waals surface area contributed by atoms with Crippen LogP contribution in [0.2, 0.25) is 15.1 Å². The van der Waals surface area contributed by atoms with Gasteiger partial charge in [-0.2, -0.15) is 10.2 Å². The SMILES string of the molecule is Cc1ccnn1CCC(=O)Nc1nn(Cc2ccc(Cl)cc2Cl)cc1Cl. The van der Waals surface area contributed by atoms with E-state index < -0.39 is 0 Å². The number of nitrogens with zero attached hydrogens (tertiary/aromatic N) is 4. The van der Waals surface area contributed by atoms with Crippen molar-refractivity contribution in [2.75, 3.05) is 5.32 Å². The van der Waals surface area contributed by atoms with Crippen LogP contribution in [-0.4, -0.2) is 25.5 Å². The molecule has 26 heavy (non-hydrogen) atoms. The number of nitrogens with one attached hydrogen (secondary N) is 1. The minimum absolute atomic E-state index is 0.184. The highest BCUT2D eigenvalue weighted by molar-refractivity contribution is 6.35. The number of carbonyl (C=O) groups excluding carboxylic acids is 1. The lowest BCUT2D eigenvalue weighted by Crippen LogP contribution is -2.16.